The molecule has 0 aromatic heterocycles. The van der Waals surface area contributed by atoms with Crippen LogP contribution in [0.3, 0.4) is 0 Å². The second-order valence-corrected chi connectivity index (χ2v) is 9.98. The Kier molecular flexibility index (Phi) is 8.23. The summed E-state index contributed by atoms with van der Waals surface area (Å²) in [6.45, 7) is 2.19. The smallest absolute Gasteiger partial charge is 0.454 e. The van der Waals surface area contributed by atoms with Crippen LogP contribution in [0.15, 0.2) is 12.1 Å². The SMILES string of the molecule is CC[C@H]1CC[C@H]([C@H]2CC[C@H](c3c(F)c(F)[c]c(F)c3Oc3cc(F)c(OC(F)(F)F)c(F)c3)CC2)CC1. The van der Waals surface area contributed by atoms with Gasteiger partial charge in [0.1, 0.15) is 5.75 Å². The molecule has 0 N–H and O–H groups in total. The monoisotopic (exact) mass is 535 g/mol. The summed E-state index contributed by atoms with van der Waals surface area (Å²) >= 11 is 0. The highest BCUT2D eigenvalue weighted by molar-refractivity contribution is 5.44. The zero-order chi connectivity index (χ0) is 26.9. The van der Waals surface area contributed by atoms with Crippen molar-refractivity contribution in [2.45, 2.75) is 77.0 Å². The van der Waals surface area contributed by atoms with Crippen molar-refractivity contribution < 1.29 is 44.6 Å². The third-order valence-electron chi connectivity index (χ3n) is 7.82. The maximum Gasteiger partial charge on any atom is 0.573 e. The fourth-order valence-corrected chi connectivity index (χ4v) is 5.88. The second-order valence-electron chi connectivity index (χ2n) is 9.98. The van der Waals surface area contributed by atoms with Gasteiger partial charge in [0.05, 0.1) is 6.07 Å². The molecule has 0 aliphatic heterocycles. The van der Waals surface area contributed by atoms with E-state index in [0.717, 1.165) is 38.0 Å². The van der Waals surface area contributed by atoms with Crippen molar-refractivity contribution in [2.24, 2.45) is 17.8 Å². The molecule has 2 aliphatic rings. The minimum absolute atomic E-state index is 0.345. The molecule has 2 aromatic rings. The van der Waals surface area contributed by atoms with Crippen LogP contribution in [0.5, 0.6) is 17.2 Å². The lowest BCUT2D eigenvalue weighted by Crippen LogP contribution is -2.25. The van der Waals surface area contributed by atoms with Gasteiger partial charge in [0.15, 0.2) is 34.8 Å². The summed E-state index contributed by atoms with van der Waals surface area (Å²) in [6.07, 6.45) is 2.78. The van der Waals surface area contributed by atoms with Crippen molar-refractivity contribution >= 4 is 0 Å². The summed E-state index contributed by atoms with van der Waals surface area (Å²) in [6, 6.07) is 2.25. The van der Waals surface area contributed by atoms with Crippen molar-refractivity contribution in [3.8, 4) is 17.2 Å². The van der Waals surface area contributed by atoms with E-state index in [2.05, 4.69) is 11.7 Å². The summed E-state index contributed by atoms with van der Waals surface area (Å²) in [5, 5.41) is 0. The predicted molar refractivity (Wildman–Crippen MR) is 119 cm³/mol. The molecule has 0 amide bonds. The molecule has 0 heterocycles. The predicted octanol–water partition coefficient (Wildman–Crippen LogP) is 9.36. The fraction of sp³-hybridized carbons (Fsp3) is 0.556. The Labute approximate surface area is 210 Å². The van der Waals surface area contributed by atoms with Crippen molar-refractivity contribution in [1.82, 2.24) is 0 Å². The standard InChI is InChI=1S/C27H27F8O2/c1-2-14-3-5-15(6-4-14)16-7-9-17(10-8-16)23-24(32)19(28)13-22(31)26(23)36-18-11-20(29)25(21(30)12-18)37-27(33,34)35/h11-12,14-17H,2-10H2,1H3/t14-,15-,16-,17-. The Morgan fingerprint density at radius 1 is 0.784 bits per heavy atom. The molecule has 0 unspecified atom stereocenters. The number of alkyl halides is 3. The molecule has 2 fully saturated rings. The minimum atomic E-state index is -5.35. The molecule has 2 aromatic carbocycles. The molecule has 2 nitrogen and oxygen atoms in total. The minimum Gasteiger partial charge on any atom is -0.454 e. The van der Waals surface area contributed by atoms with E-state index in [-0.39, 0.29) is 0 Å². The van der Waals surface area contributed by atoms with E-state index in [1.165, 1.54) is 12.8 Å². The quantitative estimate of drug-likeness (QED) is 0.271. The zero-order valence-electron chi connectivity index (χ0n) is 20.2. The lowest BCUT2D eigenvalue weighted by Gasteiger charge is -2.38. The maximum absolute atomic E-state index is 14.9. The Bertz CT molecular complexity index is 1080. The van der Waals surface area contributed by atoms with Crippen molar-refractivity contribution in [3.05, 3.63) is 52.8 Å². The zero-order valence-corrected chi connectivity index (χ0v) is 20.2. The van der Waals surface area contributed by atoms with Gasteiger partial charge in [0.2, 0.25) is 5.75 Å². The number of hydrogen-bond acceptors (Lipinski definition) is 2. The highest BCUT2D eigenvalue weighted by Crippen LogP contribution is 2.48. The van der Waals surface area contributed by atoms with Gasteiger partial charge in [-0.1, -0.05) is 26.2 Å². The molecule has 10 heteroatoms. The maximum atomic E-state index is 14.9. The van der Waals surface area contributed by atoms with Gasteiger partial charge in [-0.3, -0.25) is 0 Å². The summed E-state index contributed by atoms with van der Waals surface area (Å²) in [5.41, 5.74) is -0.404. The largest absolute Gasteiger partial charge is 0.573 e. The normalized spacial score (nSPS) is 24.7. The first-order valence-corrected chi connectivity index (χ1v) is 12.5. The Morgan fingerprint density at radius 3 is 1.84 bits per heavy atom. The van der Waals surface area contributed by atoms with Gasteiger partial charge in [0, 0.05) is 17.7 Å². The molecule has 4 rings (SSSR count). The van der Waals surface area contributed by atoms with Crippen molar-refractivity contribution in [1.29, 1.82) is 0 Å². The lowest BCUT2D eigenvalue weighted by molar-refractivity contribution is -0.276. The van der Waals surface area contributed by atoms with Crippen LogP contribution in [0.1, 0.15) is 76.2 Å². The average Bonchev–Trinajstić information content (AvgIpc) is 2.85. The third-order valence-corrected chi connectivity index (χ3v) is 7.82. The van der Waals surface area contributed by atoms with Crippen LogP contribution in [-0.4, -0.2) is 6.36 Å². The first kappa shape index (κ1) is 27.5. The molecule has 0 atom stereocenters. The summed E-state index contributed by atoms with van der Waals surface area (Å²) in [4.78, 5) is 0. The Balaban J connectivity index is 1.55. The average molecular weight is 535 g/mol. The second kappa shape index (κ2) is 11.1. The van der Waals surface area contributed by atoms with E-state index in [1.54, 1.807) is 6.07 Å². The van der Waals surface area contributed by atoms with E-state index >= 15 is 0 Å². The van der Waals surface area contributed by atoms with Crippen LogP contribution in [0.2, 0.25) is 0 Å². The number of rotatable bonds is 6. The highest BCUT2D eigenvalue weighted by Gasteiger charge is 2.36. The van der Waals surface area contributed by atoms with Crippen LogP contribution >= 0.6 is 0 Å². The molecular formula is C27H27F8O2. The Hall–Kier alpha value is -2.52. The highest BCUT2D eigenvalue weighted by atomic mass is 19.4. The first-order chi connectivity index (χ1) is 17.5. The van der Waals surface area contributed by atoms with Crippen LogP contribution in [0.4, 0.5) is 35.1 Å². The van der Waals surface area contributed by atoms with Crippen LogP contribution in [-0.2, 0) is 0 Å². The molecule has 0 saturated heterocycles. The van der Waals surface area contributed by atoms with E-state index in [0.29, 0.717) is 36.8 Å². The number of halogens is 8. The Morgan fingerprint density at radius 2 is 1.32 bits per heavy atom. The van der Waals surface area contributed by atoms with Gasteiger partial charge < -0.3 is 9.47 Å². The van der Waals surface area contributed by atoms with Gasteiger partial charge in [-0.05, 0) is 62.2 Å². The molecule has 0 spiro atoms. The molecule has 37 heavy (non-hydrogen) atoms. The molecule has 203 valence electrons. The lowest BCUT2D eigenvalue weighted by atomic mass is 9.68. The van der Waals surface area contributed by atoms with E-state index < -0.39 is 64.2 Å². The van der Waals surface area contributed by atoms with Crippen LogP contribution < -0.4 is 9.47 Å². The third kappa shape index (κ3) is 6.32. The molecule has 2 saturated carbocycles. The number of ether oxygens (including phenoxy) is 2. The van der Waals surface area contributed by atoms with Crippen molar-refractivity contribution in [3.63, 3.8) is 0 Å². The molecular weight excluding hydrogens is 508 g/mol. The van der Waals surface area contributed by atoms with Crippen molar-refractivity contribution in [2.75, 3.05) is 0 Å². The summed E-state index contributed by atoms with van der Waals surface area (Å²) < 4.78 is 118. The van der Waals surface area contributed by atoms with Gasteiger partial charge in [-0.25, -0.2) is 22.0 Å². The summed E-state index contributed by atoms with van der Waals surface area (Å²) in [7, 11) is 0. The van der Waals surface area contributed by atoms with E-state index in [9.17, 15) is 35.1 Å². The molecule has 1 radical (unpaired) electrons. The van der Waals surface area contributed by atoms with Crippen LogP contribution in [0.25, 0.3) is 0 Å². The summed E-state index contributed by atoms with van der Waals surface area (Å²) in [5.74, 6) is -10.0. The van der Waals surface area contributed by atoms with E-state index in [4.69, 9.17) is 4.74 Å². The van der Waals surface area contributed by atoms with E-state index in [1.807, 2.05) is 0 Å². The fourth-order valence-electron chi connectivity index (χ4n) is 5.88. The molecule has 2 aliphatic carbocycles. The first-order valence-electron chi connectivity index (χ1n) is 12.5. The topological polar surface area (TPSA) is 18.5 Å². The number of hydrogen-bond donors (Lipinski definition) is 0. The van der Waals surface area contributed by atoms with Gasteiger partial charge >= 0.3 is 6.36 Å². The number of benzene rings is 2. The van der Waals surface area contributed by atoms with Gasteiger partial charge in [-0.2, -0.15) is 0 Å². The molecule has 0 bridgehead atoms. The van der Waals surface area contributed by atoms with Crippen LogP contribution in [0, 0.1) is 52.9 Å². The van der Waals surface area contributed by atoms with Gasteiger partial charge in [0.25, 0.3) is 0 Å². The van der Waals surface area contributed by atoms with Gasteiger partial charge in [-0.15, -0.1) is 13.2 Å².